The van der Waals surface area contributed by atoms with Crippen LogP contribution in [0.5, 0.6) is 11.5 Å². The maximum absolute atomic E-state index is 12.6. The minimum absolute atomic E-state index is 0.0972. The zero-order valence-corrected chi connectivity index (χ0v) is 18.3. The summed E-state index contributed by atoms with van der Waals surface area (Å²) in [5.41, 5.74) is 2.88. The quantitative estimate of drug-likeness (QED) is 0.549. The Morgan fingerprint density at radius 3 is 2.16 bits per heavy atom. The van der Waals surface area contributed by atoms with Gasteiger partial charge in [-0.2, -0.15) is 0 Å². The second-order valence-corrected chi connectivity index (χ2v) is 8.64. The van der Waals surface area contributed by atoms with Crippen LogP contribution in [0.15, 0.2) is 71.6 Å². The summed E-state index contributed by atoms with van der Waals surface area (Å²) in [5.74, 6) is 0.869. The molecule has 0 unspecified atom stereocenters. The van der Waals surface area contributed by atoms with E-state index in [-0.39, 0.29) is 17.4 Å². The van der Waals surface area contributed by atoms with Crippen molar-refractivity contribution in [1.82, 2.24) is 0 Å². The van der Waals surface area contributed by atoms with Crippen LogP contribution in [-0.2, 0) is 14.8 Å². The molecule has 3 aromatic rings. The first-order valence-electron chi connectivity index (χ1n) is 9.54. The maximum atomic E-state index is 12.6. The van der Waals surface area contributed by atoms with Gasteiger partial charge in [-0.25, -0.2) is 8.42 Å². The summed E-state index contributed by atoms with van der Waals surface area (Å²) in [6.07, 6.45) is 0. The van der Waals surface area contributed by atoms with Crippen molar-refractivity contribution in [3.63, 3.8) is 0 Å². The predicted octanol–water partition coefficient (Wildman–Crippen LogP) is 4.13. The molecule has 3 aromatic carbocycles. The molecular weight excluding hydrogens is 416 g/mol. The molecule has 162 valence electrons. The average molecular weight is 441 g/mol. The Kier molecular flexibility index (Phi) is 6.81. The van der Waals surface area contributed by atoms with E-state index in [4.69, 9.17) is 9.47 Å². The summed E-state index contributed by atoms with van der Waals surface area (Å²) in [5, 5.41) is 2.67. The lowest BCUT2D eigenvalue weighted by Gasteiger charge is -2.12. The van der Waals surface area contributed by atoms with Gasteiger partial charge >= 0.3 is 0 Å². The molecule has 0 aliphatic heterocycles. The molecule has 2 N–H and O–H groups in total. The third kappa shape index (κ3) is 5.99. The van der Waals surface area contributed by atoms with Gasteiger partial charge in [0.15, 0.2) is 6.61 Å². The molecule has 0 bridgehead atoms. The third-order valence-electron chi connectivity index (χ3n) is 4.50. The highest BCUT2D eigenvalue weighted by atomic mass is 32.2. The summed E-state index contributed by atoms with van der Waals surface area (Å²) in [4.78, 5) is 12.2. The molecule has 3 rings (SSSR count). The molecule has 7 nitrogen and oxygen atoms in total. The van der Waals surface area contributed by atoms with Gasteiger partial charge in [-0.3, -0.25) is 9.52 Å². The molecule has 0 aromatic heterocycles. The van der Waals surface area contributed by atoms with Crippen molar-refractivity contribution in [1.29, 1.82) is 0 Å². The van der Waals surface area contributed by atoms with E-state index in [1.165, 1.54) is 24.3 Å². The Morgan fingerprint density at radius 1 is 0.903 bits per heavy atom. The first kappa shape index (κ1) is 22.2. The molecule has 0 atom stereocenters. The van der Waals surface area contributed by atoms with Gasteiger partial charge in [-0.05, 0) is 74.0 Å². The minimum atomic E-state index is -3.74. The molecule has 0 radical (unpaired) electrons. The summed E-state index contributed by atoms with van der Waals surface area (Å²) in [6, 6.07) is 18.3. The number of methoxy groups -OCH3 is 1. The summed E-state index contributed by atoms with van der Waals surface area (Å²) in [7, 11) is -2.17. The number of anilines is 2. The van der Waals surface area contributed by atoms with Crippen LogP contribution in [0.3, 0.4) is 0 Å². The lowest BCUT2D eigenvalue weighted by atomic mass is 10.1. The van der Waals surface area contributed by atoms with Crippen LogP contribution in [0.25, 0.3) is 0 Å². The van der Waals surface area contributed by atoms with Crippen LogP contribution in [0.2, 0.25) is 0 Å². The number of hydrogen-bond acceptors (Lipinski definition) is 5. The largest absolute Gasteiger partial charge is 0.497 e. The standard InChI is InChI=1S/C23H24N2O5S/c1-16-4-13-22(17(2)14-16)25-31(27,28)21-11-5-18(6-12-21)24-23(26)15-30-20-9-7-19(29-3)8-10-20/h4-14,25H,15H2,1-3H3,(H,24,26). The lowest BCUT2D eigenvalue weighted by molar-refractivity contribution is -0.118. The third-order valence-corrected chi connectivity index (χ3v) is 5.89. The average Bonchev–Trinajstić information content (AvgIpc) is 2.75. The molecule has 0 saturated carbocycles. The van der Waals surface area contributed by atoms with Gasteiger partial charge in [0, 0.05) is 5.69 Å². The zero-order valence-electron chi connectivity index (χ0n) is 17.5. The number of ether oxygens (including phenoxy) is 2. The van der Waals surface area contributed by atoms with Crippen LogP contribution in [0.1, 0.15) is 11.1 Å². The highest BCUT2D eigenvalue weighted by molar-refractivity contribution is 7.92. The Balaban J connectivity index is 1.59. The number of aryl methyl sites for hydroxylation is 2. The molecule has 0 saturated heterocycles. The van der Waals surface area contributed by atoms with Crippen molar-refractivity contribution >= 4 is 27.3 Å². The van der Waals surface area contributed by atoms with Gasteiger partial charge in [-0.1, -0.05) is 17.7 Å². The molecule has 0 spiro atoms. The molecule has 1 amide bonds. The van der Waals surface area contributed by atoms with E-state index >= 15 is 0 Å². The van der Waals surface area contributed by atoms with Gasteiger partial charge in [0.2, 0.25) is 0 Å². The van der Waals surface area contributed by atoms with Crippen LogP contribution in [0.4, 0.5) is 11.4 Å². The van der Waals surface area contributed by atoms with Crippen molar-refractivity contribution in [3.05, 3.63) is 77.9 Å². The zero-order chi connectivity index (χ0) is 22.4. The minimum Gasteiger partial charge on any atom is -0.497 e. The van der Waals surface area contributed by atoms with Crippen LogP contribution < -0.4 is 19.5 Å². The summed E-state index contributed by atoms with van der Waals surface area (Å²) < 4.78 is 38.4. The summed E-state index contributed by atoms with van der Waals surface area (Å²) >= 11 is 0. The second kappa shape index (κ2) is 9.53. The van der Waals surface area contributed by atoms with E-state index in [1.54, 1.807) is 37.4 Å². The maximum Gasteiger partial charge on any atom is 0.262 e. The van der Waals surface area contributed by atoms with E-state index in [1.807, 2.05) is 26.0 Å². The molecule has 0 aliphatic carbocycles. The van der Waals surface area contributed by atoms with Gasteiger partial charge in [0.25, 0.3) is 15.9 Å². The molecular formula is C23H24N2O5S. The Morgan fingerprint density at radius 2 is 1.55 bits per heavy atom. The topological polar surface area (TPSA) is 93.7 Å². The van der Waals surface area contributed by atoms with Crippen LogP contribution in [0, 0.1) is 13.8 Å². The lowest BCUT2D eigenvalue weighted by Crippen LogP contribution is -2.20. The SMILES string of the molecule is COc1ccc(OCC(=O)Nc2ccc(S(=O)(=O)Nc3ccc(C)cc3C)cc2)cc1. The number of benzene rings is 3. The Labute approximate surface area is 182 Å². The van der Waals surface area contributed by atoms with E-state index < -0.39 is 10.0 Å². The number of hydrogen-bond donors (Lipinski definition) is 2. The van der Waals surface area contributed by atoms with Gasteiger partial charge in [-0.15, -0.1) is 0 Å². The van der Waals surface area contributed by atoms with Gasteiger partial charge in [0.05, 0.1) is 17.7 Å². The van der Waals surface area contributed by atoms with Crippen molar-refractivity contribution in [2.75, 3.05) is 23.8 Å². The van der Waals surface area contributed by atoms with Crippen molar-refractivity contribution < 1.29 is 22.7 Å². The van der Waals surface area contributed by atoms with Crippen molar-refractivity contribution in [3.8, 4) is 11.5 Å². The van der Waals surface area contributed by atoms with E-state index in [9.17, 15) is 13.2 Å². The first-order valence-corrected chi connectivity index (χ1v) is 11.0. The fraction of sp³-hybridized carbons (Fsp3) is 0.174. The highest BCUT2D eigenvalue weighted by Crippen LogP contribution is 2.22. The normalized spacial score (nSPS) is 10.9. The van der Waals surface area contributed by atoms with Crippen LogP contribution >= 0.6 is 0 Å². The fourth-order valence-electron chi connectivity index (χ4n) is 2.87. The van der Waals surface area contributed by atoms with Crippen molar-refractivity contribution in [2.24, 2.45) is 0 Å². The number of sulfonamides is 1. The smallest absolute Gasteiger partial charge is 0.262 e. The molecule has 0 heterocycles. The molecule has 31 heavy (non-hydrogen) atoms. The number of carbonyl (C=O) groups is 1. The fourth-order valence-corrected chi connectivity index (χ4v) is 4.00. The number of nitrogens with one attached hydrogen (secondary N) is 2. The predicted molar refractivity (Wildman–Crippen MR) is 120 cm³/mol. The monoisotopic (exact) mass is 440 g/mol. The van der Waals surface area contributed by atoms with Crippen molar-refractivity contribution in [2.45, 2.75) is 18.7 Å². The highest BCUT2D eigenvalue weighted by Gasteiger charge is 2.15. The summed E-state index contributed by atoms with van der Waals surface area (Å²) in [6.45, 7) is 3.61. The molecule has 0 fully saturated rings. The first-order chi connectivity index (χ1) is 14.8. The number of amides is 1. The Hall–Kier alpha value is -3.52. The van der Waals surface area contributed by atoms with Crippen LogP contribution in [-0.4, -0.2) is 28.0 Å². The van der Waals surface area contributed by atoms with Gasteiger partial charge < -0.3 is 14.8 Å². The number of rotatable bonds is 8. The van der Waals surface area contributed by atoms with Gasteiger partial charge in [0.1, 0.15) is 11.5 Å². The Bertz CT molecular complexity index is 1160. The van der Waals surface area contributed by atoms with E-state index in [0.717, 1.165) is 11.1 Å². The van der Waals surface area contributed by atoms with E-state index in [2.05, 4.69) is 10.0 Å². The molecule has 8 heteroatoms. The van der Waals surface area contributed by atoms with E-state index in [0.29, 0.717) is 22.9 Å². The number of carbonyl (C=O) groups excluding carboxylic acids is 1. The molecule has 0 aliphatic rings. The second-order valence-electron chi connectivity index (χ2n) is 6.96.